The second kappa shape index (κ2) is 7.59. The van der Waals surface area contributed by atoms with Crippen molar-refractivity contribution in [3.05, 3.63) is 0 Å². The predicted octanol–water partition coefficient (Wildman–Crippen LogP) is 1.85. The maximum absolute atomic E-state index is 12.6. The number of hydrogen-bond donors (Lipinski definition) is 1. The molecule has 1 atom stereocenters. The summed E-state index contributed by atoms with van der Waals surface area (Å²) < 4.78 is 0. The second-order valence-electron chi connectivity index (χ2n) is 7.23. The molecule has 3 aliphatic rings. The normalized spacial score (nSPS) is 27.1. The average Bonchev–Trinajstić information content (AvgIpc) is 3.21. The van der Waals surface area contributed by atoms with Gasteiger partial charge in [-0.2, -0.15) is 0 Å². The molecule has 1 unspecified atom stereocenters. The zero-order chi connectivity index (χ0) is 14.5. The Bertz CT molecular complexity index is 329. The van der Waals surface area contributed by atoms with Crippen LogP contribution in [0.25, 0.3) is 0 Å². The highest BCUT2D eigenvalue weighted by atomic mass is 16.2. The summed E-state index contributed by atoms with van der Waals surface area (Å²) in [7, 11) is 0. The molecule has 0 aromatic heterocycles. The van der Waals surface area contributed by atoms with Crippen LogP contribution in [0.5, 0.6) is 0 Å². The van der Waals surface area contributed by atoms with Crippen LogP contribution in [0.2, 0.25) is 0 Å². The van der Waals surface area contributed by atoms with Gasteiger partial charge in [-0.25, -0.2) is 0 Å². The first-order chi connectivity index (χ1) is 10.3. The Morgan fingerprint density at radius 3 is 2.38 bits per heavy atom. The number of carbonyl (C=O) groups excluding carboxylic acids is 1. The summed E-state index contributed by atoms with van der Waals surface area (Å²) in [6.45, 7) is 5.97. The molecule has 0 radical (unpaired) electrons. The molecule has 1 saturated carbocycles. The summed E-state index contributed by atoms with van der Waals surface area (Å²) in [6, 6.07) is 0.612. The third-order valence-corrected chi connectivity index (χ3v) is 5.17. The quantitative estimate of drug-likeness (QED) is 0.812. The van der Waals surface area contributed by atoms with Crippen molar-refractivity contribution in [3.63, 3.8) is 0 Å². The molecule has 2 aliphatic heterocycles. The van der Waals surface area contributed by atoms with Crippen molar-refractivity contribution in [2.45, 2.75) is 57.4 Å². The second-order valence-corrected chi connectivity index (χ2v) is 7.23. The Balaban J connectivity index is 1.50. The summed E-state index contributed by atoms with van der Waals surface area (Å²) in [5.41, 5.74) is 0. The standard InChI is InChI=1S/C17H31N3O/c21-17(20-10-3-1-2-4-11-20)14-19(12-15-7-8-15)13-16-6-5-9-18-16/h15-16,18H,1-14H2. The fourth-order valence-corrected chi connectivity index (χ4v) is 3.70. The Morgan fingerprint density at radius 2 is 1.76 bits per heavy atom. The van der Waals surface area contributed by atoms with Crippen molar-refractivity contribution in [1.29, 1.82) is 0 Å². The van der Waals surface area contributed by atoms with Crippen molar-refractivity contribution in [2.75, 3.05) is 39.3 Å². The van der Waals surface area contributed by atoms with Crippen LogP contribution in [0.3, 0.4) is 0 Å². The van der Waals surface area contributed by atoms with Crippen molar-refractivity contribution >= 4 is 5.91 Å². The molecule has 0 bridgehead atoms. The van der Waals surface area contributed by atoms with E-state index in [1.54, 1.807) is 0 Å². The third-order valence-electron chi connectivity index (χ3n) is 5.17. The monoisotopic (exact) mass is 293 g/mol. The minimum absolute atomic E-state index is 0.371. The van der Waals surface area contributed by atoms with E-state index in [2.05, 4.69) is 15.1 Å². The zero-order valence-corrected chi connectivity index (χ0v) is 13.4. The van der Waals surface area contributed by atoms with Crippen LogP contribution in [0.1, 0.15) is 51.4 Å². The van der Waals surface area contributed by atoms with E-state index in [1.165, 1.54) is 51.4 Å². The molecule has 1 aliphatic carbocycles. The lowest BCUT2D eigenvalue weighted by atomic mass is 10.2. The molecule has 0 spiro atoms. The first-order valence-corrected chi connectivity index (χ1v) is 9.05. The molecular weight excluding hydrogens is 262 g/mol. The van der Waals surface area contributed by atoms with Gasteiger partial charge in [0.1, 0.15) is 0 Å². The summed E-state index contributed by atoms with van der Waals surface area (Å²) in [5.74, 6) is 1.24. The molecule has 4 heteroatoms. The molecule has 2 saturated heterocycles. The fourth-order valence-electron chi connectivity index (χ4n) is 3.70. The van der Waals surface area contributed by atoms with Gasteiger partial charge in [-0.1, -0.05) is 12.8 Å². The topological polar surface area (TPSA) is 35.6 Å². The van der Waals surface area contributed by atoms with Gasteiger partial charge in [-0.15, -0.1) is 0 Å². The van der Waals surface area contributed by atoms with E-state index in [-0.39, 0.29) is 0 Å². The SMILES string of the molecule is O=C(CN(CC1CC1)CC1CCCN1)N1CCCCCC1. The number of nitrogens with zero attached hydrogens (tertiary/aromatic N) is 2. The van der Waals surface area contributed by atoms with Crippen LogP contribution in [-0.4, -0.2) is 61.0 Å². The Kier molecular flexibility index (Phi) is 5.53. The molecule has 2 heterocycles. The van der Waals surface area contributed by atoms with Gasteiger partial charge in [0, 0.05) is 32.2 Å². The highest BCUT2D eigenvalue weighted by Gasteiger charge is 2.28. The van der Waals surface area contributed by atoms with Gasteiger partial charge in [0.2, 0.25) is 5.91 Å². The van der Waals surface area contributed by atoms with Crippen molar-refractivity contribution < 1.29 is 4.79 Å². The fraction of sp³-hybridized carbons (Fsp3) is 0.941. The number of rotatable bonds is 6. The molecule has 3 fully saturated rings. The van der Waals surface area contributed by atoms with Gasteiger partial charge in [0.15, 0.2) is 0 Å². The molecule has 0 aromatic carbocycles. The van der Waals surface area contributed by atoms with Crippen molar-refractivity contribution in [3.8, 4) is 0 Å². The van der Waals surface area contributed by atoms with Crippen LogP contribution >= 0.6 is 0 Å². The Labute approximate surface area is 129 Å². The number of likely N-dealkylation sites (tertiary alicyclic amines) is 1. The number of carbonyl (C=O) groups is 1. The van der Waals surface area contributed by atoms with Gasteiger partial charge < -0.3 is 10.2 Å². The van der Waals surface area contributed by atoms with Crippen LogP contribution in [-0.2, 0) is 4.79 Å². The van der Waals surface area contributed by atoms with E-state index in [0.717, 1.165) is 38.6 Å². The summed E-state index contributed by atoms with van der Waals surface area (Å²) in [4.78, 5) is 17.2. The zero-order valence-electron chi connectivity index (χ0n) is 13.4. The van der Waals surface area contributed by atoms with Gasteiger partial charge in [0.25, 0.3) is 0 Å². The van der Waals surface area contributed by atoms with Gasteiger partial charge in [0.05, 0.1) is 6.54 Å². The smallest absolute Gasteiger partial charge is 0.236 e. The highest BCUT2D eigenvalue weighted by molar-refractivity contribution is 5.78. The molecule has 1 N–H and O–H groups in total. The van der Waals surface area contributed by atoms with Crippen LogP contribution < -0.4 is 5.32 Å². The molecule has 120 valence electrons. The molecule has 21 heavy (non-hydrogen) atoms. The van der Waals surface area contributed by atoms with Gasteiger partial charge >= 0.3 is 0 Å². The van der Waals surface area contributed by atoms with Crippen molar-refractivity contribution in [1.82, 2.24) is 15.1 Å². The molecule has 4 nitrogen and oxygen atoms in total. The number of amides is 1. The molecule has 3 rings (SSSR count). The Hall–Kier alpha value is -0.610. The van der Waals surface area contributed by atoms with E-state index in [0.29, 0.717) is 18.5 Å². The third kappa shape index (κ3) is 4.96. The van der Waals surface area contributed by atoms with E-state index < -0.39 is 0 Å². The summed E-state index contributed by atoms with van der Waals surface area (Å²) >= 11 is 0. The average molecular weight is 293 g/mol. The van der Waals surface area contributed by atoms with E-state index in [1.807, 2.05) is 0 Å². The minimum Gasteiger partial charge on any atom is -0.342 e. The molecule has 1 amide bonds. The summed E-state index contributed by atoms with van der Waals surface area (Å²) in [5, 5.41) is 3.58. The van der Waals surface area contributed by atoms with Gasteiger partial charge in [-0.05, 0) is 51.0 Å². The summed E-state index contributed by atoms with van der Waals surface area (Å²) in [6.07, 6.45) is 10.3. The van der Waals surface area contributed by atoms with E-state index in [9.17, 15) is 4.79 Å². The van der Waals surface area contributed by atoms with E-state index in [4.69, 9.17) is 0 Å². The molecular formula is C17H31N3O. The van der Waals surface area contributed by atoms with Crippen molar-refractivity contribution in [2.24, 2.45) is 5.92 Å². The lowest BCUT2D eigenvalue weighted by molar-refractivity contribution is -0.132. The first-order valence-electron chi connectivity index (χ1n) is 9.05. The molecule has 0 aromatic rings. The van der Waals surface area contributed by atoms with Gasteiger partial charge in [-0.3, -0.25) is 9.69 Å². The largest absolute Gasteiger partial charge is 0.342 e. The Morgan fingerprint density at radius 1 is 1.00 bits per heavy atom. The first kappa shape index (κ1) is 15.3. The van der Waals surface area contributed by atoms with Crippen LogP contribution in [0, 0.1) is 5.92 Å². The van der Waals surface area contributed by atoms with Crippen LogP contribution in [0.4, 0.5) is 0 Å². The minimum atomic E-state index is 0.371. The number of nitrogens with one attached hydrogen (secondary N) is 1. The van der Waals surface area contributed by atoms with E-state index >= 15 is 0 Å². The predicted molar refractivity (Wildman–Crippen MR) is 85.2 cm³/mol. The lowest BCUT2D eigenvalue weighted by Gasteiger charge is -2.28. The van der Waals surface area contributed by atoms with Crippen LogP contribution in [0.15, 0.2) is 0 Å². The number of hydrogen-bond acceptors (Lipinski definition) is 3. The maximum Gasteiger partial charge on any atom is 0.236 e. The highest BCUT2D eigenvalue weighted by Crippen LogP contribution is 2.30. The lowest BCUT2D eigenvalue weighted by Crippen LogP contribution is -2.45. The maximum atomic E-state index is 12.6.